The third kappa shape index (κ3) is 3.92. The molecule has 0 saturated heterocycles. The highest BCUT2D eigenvalue weighted by Crippen LogP contribution is 2.23. The Morgan fingerprint density at radius 1 is 1.05 bits per heavy atom. The lowest BCUT2D eigenvalue weighted by Crippen LogP contribution is -2.18. The zero-order valence-corrected chi connectivity index (χ0v) is 13.3. The van der Waals surface area contributed by atoms with E-state index in [0.717, 1.165) is 11.0 Å². The Morgan fingerprint density at radius 3 is 2.32 bits per heavy atom. The van der Waals surface area contributed by atoms with Crippen LogP contribution in [0.1, 0.15) is 35.2 Å². The Morgan fingerprint density at radius 2 is 1.68 bits per heavy atom. The lowest BCUT2D eigenvalue weighted by Gasteiger charge is -2.16. The van der Waals surface area contributed by atoms with E-state index in [0.29, 0.717) is 6.04 Å². The highest BCUT2D eigenvalue weighted by molar-refractivity contribution is 9.10. The number of hydrogen-bond donors (Lipinski definition) is 1. The molecule has 2 heteroatoms. The smallest absolute Gasteiger partial charge is 0.0306 e. The van der Waals surface area contributed by atoms with E-state index < -0.39 is 0 Å². The number of nitrogens with one attached hydrogen (secondary N) is 1. The van der Waals surface area contributed by atoms with Gasteiger partial charge in [0.2, 0.25) is 0 Å². The van der Waals surface area contributed by atoms with Crippen molar-refractivity contribution in [3.63, 3.8) is 0 Å². The van der Waals surface area contributed by atoms with Crippen LogP contribution in [-0.4, -0.2) is 0 Å². The van der Waals surface area contributed by atoms with E-state index in [-0.39, 0.29) is 0 Å². The van der Waals surface area contributed by atoms with Crippen LogP contribution in [0.5, 0.6) is 0 Å². The van der Waals surface area contributed by atoms with E-state index >= 15 is 0 Å². The summed E-state index contributed by atoms with van der Waals surface area (Å²) in [6, 6.07) is 15.4. The van der Waals surface area contributed by atoms with Crippen molar-refractivity contribution in [1.82, 2.24) is 5.32 Å². The molecule has 0 amide bonds. The van der Waals surface area contributed by atoms with E-state index in [4.69, 9.17) is 0 Å². The van der Waals surface area contributed by atoms with Crippen molar-refractivity contribution in [2.75, 3.05) is 0 Å². The molecular formula is C17H20BrN. The Bertz CT molecular complexity index is 543. The molecule has 0 saturated carbocycles. The van der Waals surface area contributed by atoms with Crippen molar-refractivity contribution in [2.24, 2.45) is 0 Å². The monoisotopic (exact) mass is 317 g/mol. The van der Waals surface area contributed by atoms with Crippen molar-refractivity contribution < 1.29 is 0 Å². The number of benzene rings is 2. The van der Waals surface area contributed by atoms with Gasteiger partial charge in [-0.15, -0.1) is 0 Å². The Hall–Kier alpha value is -1.12. The summed E-state index contributed by atoms with van der Waals surface area (Å²) in [4.78, 5) is 0. The van der Waals surface area contributed by atoms with Gasteiger partial charge in [0.1, 0.15) is 0 Å². The van der Waals surface area contributed by atoms with E-state index in [1.165, 1.54) is 22.3 Å². The second-order valence-corrected chi connectivity index (χ2v) is 5.97. The van der Waals surface area contributed by atoms with Crippen molar-refractivity contribution >= 4 is 15.9 Å². The minimum absolute atomic E-state index is 0.330. The first-order valence-electron chi connectivity index (χ1n) is 6.61. The van der Waals surface area contributed by atoms with E-state index in [2.05, 4.69) is 78.4 Å². The summed E-state index contributed by atoms with van der Waals surface area (Å²) >= 11 is 3.61. The quantitative estimate of drug-likeness (QED) is 0.844. The molecule has 0 aliphatic rings. The zero-order chi connectivity index (χ0) is 13.8. The van der Waals surface area contributed by atoms with E-state index in [1.54, 1.807) is 0 Å². The number of aryl methyl sites for hydroxylation is 2. The van der Waals surface area contributed by atoms with Crippen LogP contribution in [0.2, 0.25) is 0 Å². The second-order valence-electron chi connectivity index (χ2n) is 5.12. The van der Waals surface area contributed by atoms with E-state index in [1.807, 2.05) is 6.07 Å². The van der Waals surface area contributed by atoms with Crippen LogP contribution in [-0.2, 0) is 6.54 Å². The van der Waals surface area contributed by atoms with Crippen molar-refractivity contribution in [3.05, 3.63) is 69.2 Å². The van der Waals surface area contributed by atoms with Crippen LogP contribution >= 0.6 is 15.9 Å². The van der Waals surface area contributed by atoms with Crippen LogP contribution in [0.25, 0.3) is 0 Å². The lowest BCUT2D eigenvalue weighted by molar-refractivity contribution is 0.572. The molecule has 0 radical (unpaired) electrons. The lowest BCUT2D eigenvalue weighted by atomic mass is 10.1. The number of halogens is 1. The summed E-state index contributed by atoms with van der Waals surface area (Å²) in [5.74, 6) is 0. The molecule has 2 aromatic carbocycles. The van der Waals surface area contributed by atoms with Crippen LogP contribution < -0.4 is 5.32 Å². The number of rotatable bonds is 4. The Balaban J connectivity index is 2.04. The molecule has 0 aliphatic carbocycles. The van der Waals surface area contributed by atoms with Gasteiger partial charge in [-0.25, -0.2) is 0 Å². The summed E-state index contributed by atoms with van der Waals surface area (Å²) in [5.41, 5.74) is 5.29. The summed E-state index contributed by atoms with van der Waals surface area (Å²) in [6.45, 7) is 7.38. The Labute approximate surface area is 124 Å². The van der Waals surface area contributed by atoms with Crippen LogP contribution in [0.15, 0.2) is 46.9 Å². The molecule has 2 rings (SSSR count). The maximum absolute atomic E-state index is 3.61. The standard InChI is InChI=1S/C17H20BrN/c1-12-8-13(2)10-15(9-12)11-19-14(3)16-6-4-5-7-17(16)18/h4-10,14,19H,11H2,1-3H3. The summed E-state index contributed by atoms with van der Waals surface area (Å²) in [6.07, 6.45) is 0. The largest absolute Gasteiger partial charge is 0.306 e. The second kappa shape index (κ2) is 6.36. The van der Waals surface area contributed by atoms with Gasteiger partial charge in [-0.3, -0.25) is 0 Å². The van der Waals surface area contributed by atoms with Crippen molar-refractivity contribution in [1.29, 1.82) is 0 Å². The van der Waals surface area contributed by atoms with Crippen LogP contribution in [0.3, 0.4) is 0 Å². The van der Waals surface area contributed by atoms with Crippen molar-refractivity contribution in [2.45, 2.75) is 33.4 Å². The predicted molar refractivity (Wildman–Crippen MR) is 85.3 cm³/mol. The van der Waals surface area contributed by atoms with Crippen LogP contribution in [0, 0.1) is 13.8 Å². The molecule has 1 atom stereocenters. The maximum atomic E-state index is 3.61. The highest BCUT2D eigenvalue weighted by atomic mass is 79.9. The fraction of sp³-hybridized carbons (Fsp3) is 0.294. The molecule has 1 N–H and O–H groups in total. The molecule has 1 nitrogen and oxygen atoms in total. The first-order valence-corrected chi connectivity index (χ1v) is 7.40. The van der Waals surface area contributed by atoms with Gasteiger partial charge in [0.05, 0.1) is 0 Å². The van der Waals surface area contributed by atoms with Gasteiger partial charge < -0.3 is 5.32 Å². The fourth-order valence-electron chi connectivity index (χ4n) is 2.38. The molecule has 19 heavy (non-hydrogen) atoms. The minimum atomic E-state index is 0.330. The molecule has 0 heterocycles. The summed E-state index contributed by atoms with van der Waals surface area (Å²) < 4.78 is 1.16. The molecule has 0 aliphatic heterocycles. The van der Waals surface area contributed by atoms with Crippen molar-refractivity contribution in [3.8, 4) is 0 Å². The molecule has 0 aromatic heterocycles. The first kappa shape index (κ1) is 14.3. The van der Waals surface area contributed by atoms with Gasteiger partial charge in [0, 0.05) is 17.1 Å². The van der Waals surface area contributed by atoms with E-state index in [9.17, 15) is 0 Å². The number of hydrogen-bond acceptors (Lipinski definition) is 1. The summed E-state index contributed by atoms with van der Waals surface area (Å²) in [5, 5.41) is 3.58. The average molecular weight is 318 g/mol. The van der Waals surface area contributed by atoms with Gasteiger partial charge in [0.25, 0.3) is 0 Å². The maximum Gasteiger partial charge on any atom is 0.0306 e. The third-order valence-electron chi connectivity index (χ3n) is 3.27. The molecule has 2 aromatic rings. The molecular weight excluding hydrogens is 298 g/mol. The Kier molecular flexibility index (Phi) is 4.78. The molecule has 0 fully saturated rings. The highest BCUT2D eigenvalue weighted by Gasteiger charge is 2.08. The molecule has 1 unspecified atom stereocenters. The zero-order valence-electron chi connectivity index (χ0n) is 11.7. The molecule has 0 spiro atoms. The fourth-order valence-corrected chi connectivity index (χ4v) is 3.01. The van der Waals surface area contributed by atoms with Gasteiger partial charge in [0.15, 0.2) is 0 Å². The summed E-state index contributed by atoms with van der Waals surface area (Å²) in [7, 11) is 0. The normalized spacial score (nSPS) is 12.4. The van der Waals surface area contributed by atoms with Gasteiger partial charge >= 0.3 is 0 Å². The molecule has 100 valence electrons. The third-order valence-corrected chi connectivity index (χ3v) is 3.99. The molecule has 0 bridgehead atoms. The first-order chi connectivity index (χ1) is 9.06. The average Bonchev–Trinajstić information content (AvgIpc) is 2.35. The topological polar surface area (TPSA) is 12.0 Å². The van der Waals surface area contributed by atoms with Crippen LogP contribution in [0.4, 0.5) is 0 Å². The van der Waals surface area contributed by atoms with Gasteiger partial charge in [-0.1, -0.05) is 63.5 Å². The SMILES string of the molecule is Cc1cc(C)cc(CNC(C)c2ccccc2Br)c1. The predicted octanol–water partition coefficient (Wildman–Crippen LogP) is 4.92. The van der Waals surface area contributed by atoms with Gasteiger partial charge in [-0.2, -0.15) is 0 Å². The van der Waals surface area contributed by atoms with Gasteiger partial charge in [-0.05, 0) is 38.0 Å². The minimum Gasteiger partial charge on any atom is -0.306 e.